The van der Waals surface area contributed by atoms with Crippen LogP contribution in [0, 0.1) is 5.92 Å². The van der Waals surface area contributed by atoms with E-state index in [1.54, 1.807) is 48.5 Å². The topological polar surface area (TPSA) is 84.7 Å². The Morgan fingerprint density at radius 2 is 1.85 bits per heavy atom. The number of nitrogens with one attached hydrogen (secondary N) is 1. The number of benzene rings is 2. The molecule has 6 heteroatoms. The minimum Gasteiger partial charge on any atom is -0.457 e. The SMILES string of the molecule is NC(=O)c1cccc(Oc2ccc(C(=O)N[C@@H]3C[C@H]4CCN(C4)C3)cc2)c1. The van der Waals surface area contributed by atoms with Crippen molar-refractivity contribution >= 4 is 11.8 Å². The Balaban J connectivity index is 1.37. The maximum atomic E-state index is 12.5. The first-order valence-electron chi connectivity index (χ1n) is 9.28. The van der Waals surface area contributed by atoms with Gasteiger partial charge in [0, 0.05) is 30.3 Å². The van der Waals surface area contributed by atoms with Crippen LogP contribution in [0.25, 0.3) is 0 Å². The number of piperidine rings is 1. The lowest BCUT2D eigenvalue weighted by Crippen LogP contribution is -2.46. The molecule has 2 aromatic rings. The summed E-state index contributed by atoms with van der Waals surface area (Å²) in [5.74, 6) is 1.28. The zero-order valence-electron chi connectivity index (χ0n) is 15.1. The molecule has 2 aliphatic heterocycles. The van der Waals surface area contributed by atoms with Gasteiger partial charge in [-0.25, -0.2) is 0 Å². The molecule has 2 heterocycles. The Bertz CT molecular complexity index is 838. The molecule has 27 heavy (non-hydrogen) atoms. The van der Waals surface area contributed by atoms with Crippen molar-refractivity contribution in [2.75, 3.05) is 19.6 Å². The molecule has 0 saturated carbocycles. The first kappa shape index (κ1) is 17.5. The predicted molar refractivity (Wildman–Crippen MR) is 102 cm³/mol. The number of amides is 2. The van der Waals surface area contributed by atoms with Gasteiger partial charge in [0.1, 0.15) is 11.5 Å². The lowest BCUT2D eigenvalue weighted by molar-refractivity contribution is 0.0908. The van der Waals surface area contributed by atoms with Gasteiger partial charge < -0.3 is 20.7 Å². The third kappa shape index (κ3) is 4.11. The standard InChI is InChI=1S/C21H23N3O3/c22-20(25)16-2-1-3-19(11-16)27-18-6-4-15(5-7-18)21(26)23-17-10-14-8-9-24(12-14)13-17/h1-7,11,14,17H,8-10,12-13H2,(H2,22,25)(H,23,26)/t14-,17-/m1/s1. The van der Waals surface area contributed by atoms with Crippen molar-refractivity contribution in [2.24, 2.45) is 11.7 Å². The number of nitrogens with two attached hydrogens (primary N) is 1. The van der Waals surface area contributed by atoms with Crippen LogP contribution in [0.5, 0.6) is 11.5 Å². The summed E-state index contributed by atoms with van der Waals surface area (Å²) in [6, 6.07) is 13.9. The van der Waals surface area contributed by atoms with Crippen molar-refractivity contribution < 1.29 is 14.3 Å². The second kappa shape index (κ2) is 7.40. The zero-order valence-corrected chi connectivity index (χ0v) is 15.1. The normalized spacial score (nSPS) is 23.6. The third-order valence-corrected chi connectivity index (χ3v) is 5.27. The van der Waals surface area contributed by atoms with Crippen LogP contribution >= 0.6 is 0 Å². The van der Waals surface area contributed by atoms with Gasteiger partial charge in [-0.05, 0) is 67.8 Å². The van der Waals surface area contributed by atoms with Crippen LogP contribution in [-0.4, -0.2) is 42.4 Å². The van der Waals surface area contributed by atoms with Gasteiger partial charge in [-0.1, -0.05) is 6.07 Å². The highest BCUT2D eigenvalue weighted by molar-refractivity contribution is 5.94. The molecule has 2 aromatic carbocycles. The third-order valence-electron chi connectivity index (χ3n) is 5.27. The van der Waals surface area contributed by atoms with Crippen LogP contribution in [-0.2, 0) is 0 Å². The lowest BCUT2D eigenvalue weighted by Gasteiger charge is -2.30. The van der Waals surface area contributed by atoms with Crippen LogP contribution in [0.15, 0.2) is 48.5 Å². The summed E-state index contributed by atoms with van der Waals surface area (Å²) in [4.78, 5) is 26.2. The average molecular weight is 365 g/mol. The average Bonchev–Trinajstić information content (AvgIpc) is 3.01. The zero-order chi connectivity index (χ0) is 18.8. The van der Waals surface area contributed by atoms with E-state index in [0.717, 1.165) is 25.4 Å². The maximum Gasteiger partial charge on any atom is 0.251 e. The van der Waals surface area contributed by atoms with Crippen LogP contribution < -0.4 is 15.8 Å². The van der Waals surface area contributed by atoms with Gasteiger partial charge in [0.25, 0.3) is 5.91 Å². The van der Waals surface area contributed by atoms with Gasteiger partial charge in [-0.2, -0.15) is 0 Å². The fraction of sp³-hybridized carbons (Fsp3) is 0.333. The molecule has 2 amide bonds. The van der Waals surface area contributed by atoms with Crippen molar-refractivity contribution in [1.29, 1.82) is 0 Å². The fourth-order valence-corrected chi connectivity index (χ4v) is 3.96. The number of ether oxygens (including phenoxy) is 1. The quantitative estimate of drug-likeness (QED) is 0.852. The minimum absolute atomic E-state index is 0.0511. The summed E-state index contributed by atoms with van der Waals surface area (Å²) in [7, 11) is 0. The summed E-state index contributed by atoms with van der Waals surface area (Å²) in [5.41, 5.74) is 6.29. The number of nitrogens with zero attached hydrogens (tertiary/aromatic N) is 1. The first-order chi connectivity index (χ1) is 13.1. The van der Waals surface area contributed by atoms with Crippen molar-refractivity contribution in [3.8, 4) is 11.5 Å². The van der Waals surface area contributed by atoms with Gasteiger partial charge in [-0.15, -0.1) is 0 Å². The van der Waals surface area contributed by atoms with E-state index < -0.39 is 5.91 Å². The van der Waals surface area contributed by atoms with Crippen molar-refractivity contribution in [2.45, 2.75) is 18.9 Å². The molecule has 2 fully saturated rings. The summed E-state index contributed by atoms with van der Waals surface area (Å²) >= 11 is 0. The minimum atomic E-state index is -0.500. The van der Waals surface area contributed by atoms with E-state index in [4.69, 9.17) is 10.5 Å². The monoisotopic (exact) mass is 365 g/mol. The number of fused-ring (bicyclic) bond motifs is 2. The smallest absolute Gasteiger partial charge is 0.251 e. The first-order valence-corrected chi connectivity index (χ1v) is 9.28. The Labute approximate surface area is 158 Å². The van der Waals surface area contributed by atoms with E-state index in [2.05, 4.69) is 10.2 Å². The van der Waals surface area contributed by atoms with Gasteiger partial charge >= 0.3 is 0 Å². The molecule has 3 N–H and O–H groups in total. The summed E-state index contributed by atoms with van der Waals surface area (Å²) in [6.45, 7) is 3.27. The van der Waals surface area contributed by atoms with Crippen molar-refractivity contribution in [3.05, 3.63) is 59.7 Å². The van der Waals surface area contributed by atoms with Crippen molar-refractivity contribution in [1.82, 2.24) is 10.2 Å². The number of carbonyl (C=O) groups excluding carboxylic acids is 2. The van der Waals surface area contributed by atoms with Gasteiger partial charge in [0.2, 0.25) is 5.91 Å². The van der Waals surface area contributed by atoms with Gasteiger partial charge in [0.15, 0.2) is 0 Å². The Morgan fingerprint density at radius 3 is 2.59 bits per heavy atom. The van der Waals surface area contributed by atoms with Gasteiger partial charge in [-0.3, -0.25) is 9.59 Å². The second-order valence-electron chi connectivity index (χ2n) is 7.34. The number of hydrogen-bond acceptors (Lipinski definition) is 4. The fourth-order valence-electron chi connectivity index (χ4n) is 3.96. The Kier molecular flexibility index (Phi) is 4.81. The molecule has 0 aromatic heterocycles. The molecule has 3 atom stereocenters. The number of primary amides is 1. The molecule has 0 radical (unpaired) electrons. The molecule has 140 valence electrons. The van der Waals surface area contributed by atoms with Gasteiger partial charge in [0.05, 0.1) is 0 Å². The summed E-state index contributed by atoms with van der Waals surface area (Å²) in [5, 5.41) is 3.15. The Hall–Kier alpha value is -2.86. The number of hydrogen-bond donors (Lipinski definition) is 2. The van der Waals surface area contributed by atoms with E-state index >= 15 is 0 Å². The highest BCUT2D eigenvalue weighted by Gasteiger charge is 2.32. The highest BCUT2D eigenvalue weighted by Crippen LogP contribution is 2.27. The molecular formula is C21H23N3O3. The van der Waals surface area contributed by atoms with Crippen molar-refractivity contribution in [3.63, 3.8) is 0 Å². The second-order valence-corrected chi connectivity index (χ2v) is 7.34. The molecule has 2 aliphatic rings. The van der Waals surface area contributed by atoms with E-state index in [0.29, 0.717) is 22.6 Å². The molecule has 2 saturated heterocycles. The molecule has 2 bridgehead atoms. The van der Waals surface area contributed by atoms with Crippen LogP contribution in [0.3, 0.4) is 0 Å². The van der Waals surface area contributed by atoms with E-state index in [-0.39, 0.29) is 11.9 Å². The van der Waals surface area contributed by atoms with Crippen LogP contribution in [0.1, 0.15) is 33.6 Å². The summed E-state index contributed by atoms with van der Waals surface area (Å²) < 4.78 is 5.74. The molecule has 6 nitrogen and oxygen atoms in total. The Morgan fingerprint density at radius 1 is 1.04 bits per heavy atom. The molecule has 4 rings (SSSR count). The van der Waals surface area contributed by atoms with Crippen LogP contribution in [0.2, 0.25) is 0 Å². The van der Waals surface area contributed by atoms with Crippen LogP contribution in [0.4, 0.5) is 0 Å². The lowest BCUT2D eigenvalue weighted by atomic mass is 9.96. The maximum absolute atomic E-state index is 12.5. The highest BCUT2D eigenvalue weighted by atomic mass is 16.5. The number of rotatable bonds is 5. The predicted octanol–water partition coefficient (Wildman–Crippen LogP) is 2.40. The summed E-state index contributed by atoms with van der Waals surface area (Å²) in [6.07, 6.45) is 2.31. The number of carbonyl (C=O) groups is 2. The van der Waals surface area contributed by atoms with E-state index in [1.807, 2.05) is 0 Å². The molecule has 1 unspecified atom stereocenters. The van der Waals surface area contributed by atoms with E-state index in [1.165, 1.54) is 13.0 Å². The molecule has 0 aliphatic carbocycles. The molecule has 0 spiro atoms. The molecular weight excluding hydrogens is 342 g/mol. The van der Waals surface area contributed by atoms with E-state index in [9.17, 15) is 9.59 Å². The largest absolute Gasteiger partial charge is 0.457 e.